The van der Waals surface area contributed by atoms with E-state index in [1.54, 1.807) is 6.08 Å². The lowest BCUT2D eigenvalue weighted by molar-refractivity contribution is 0.590. The number of rotatable bonds is 12. The summed E-state index contributed by atoms with van der Waals surface area (Å²) in [6.45, 7) is 22.8. The van der Waals surface area contributed by atoms with Crippen LogP contribution in [0.4, 0.5) is 51.2 Å². The van der Waals surface area contributed by atoms with Gasteiger partial charge < -0.3 is 19.1 Å². The van der Waals surface area contributed by atoms with E-state index in [9.17, 15) is 0 Å². The van der Waals surface area contributed by atoms with Crippen molar-refractivity contribution in [1.82, 2.24) is 0 Å². The third kappa shape index (κ3) is 9.18. The topological polar surface area (TPSA) is 22.9 Å². The lowest BCUT2D eigenvalue weighted by Crippen LogP contribution is -2.61. The van der Waals surface area contributed by atoms with Crippen molar-refractivity contribution in [3.05, 3.63) is 276 Å². The van der Waals surface area contributed by atoms with Crippen molar-refractivity contribution in [2.75, 3.05) is 14.7 Å². The minimum Gasteiger partial charge on any atom is -0.468 e. The molecule has 0 aliphatic carbocycles. The Balaban J connectivity index is 1.20. The Bertz CT molecular complexity index is 4040. The zero-order chi connectivity index (χ0) is 56.4. The number of fused-ring (bicyclic) bond motifs is 6. The summed E-state index contributed by atoms with van der Waals surface area (Å²) in [4.78, 5) is 7.49. The van der Waals surface area contributed by atoms with Crippen molar-refractivity contribution < 1.29 is 4.42 Å². The van der Waals surface area contributed by atoms with Gasteiger partial charge in [-0.3, -0.25) is 0 Å². The van der Waals surface area contributed by atoms with E-state index in [0.29, 0.717) is 0 Å². The molecular formula is C76H70BN3O. The Labute approximate surface area is 480 Å². The van der Waals surface area contributed by atoms with Crippen LogP contribution >= 0.6 is 0 Å². The van der Waals surface area contributed by atoms with Gasteiger partial charge in [0, 0.05) is 61.4 Å². The Morgan fingerprint density at radius 3 is 1.62 bits per heavy atom. The van der Waals surface area contributed by atoms with Crippen LogP contribution in [0.1, 0.15) is 103 Å². The summed E-state index contributed by atoms with van der Waals surface area (Å²) < 4.78 is 7.51. The molecule has 0 bridgehead atoms. The fourth-order valence-electron chi connectivity index (χ4n) is 12.4. The minimum absolute atomic E-state index is 0.109. The molecule has 81 heavy (non-hydrogen) atoms. The molecule has 0 saturated heterocycles. The maximum Gasteiger partial charge on any atom is 0.297 e. The first kappa shape index (κ1) is 52.7. The molecule has 9 aromatic carbocycles. The molecule has 0 radical (unpaired) electrons. The van der Waals surface area contributed by atoms with Gasteiger partial charge in [0.25, 0.3) is 6.71 Å². The molecule has 5 heteroatoms. The summed E-state index contributed by atoms with van der Waals surface area (Å²) in [6, 6.07) is 80.8. The molecule has 0 fully saturated rings. The van der Waals surface area contributed by atoms with Gasteiger partial charge in [0.2, 0.25) is 0 Å². The molecule has 0 unspecified atom stereocenters. The van der Waals surface area contributed by atoms with Gasteiger partial charge in [0.15, 0.2) is 0 Å². The van der Waals surface area contributed by atoms with Crippen molar-refractivity contribution in [2.24, 2.45) is 0 Å². The third-order valence-corrected chi connectivity index (χ3v) is 17.7. The maximum absolute atomic E-state index is 7.51. The number of hydrogen-bond acceptors (Lipinski definition) is 4. The SMILES string of the molecule is C#C/C=C\C=C(/C)C(C)(C)c1cccc(N2c3cc(C(C)(C)c4ccccc4)ccc3B3c4oc5ccc(C(C)(C)C)cc5c4N(c4ccc(C(C)(C)c5ccccc5)cc4)c4cc(N(c5ccccc5)c5ccccc5)cc2c43)c1. The molecule has 0 saturated carbocycles. The number of nitrogens with zero attached hydrogens (tertiary/aromatic N) is 3. The van der Waals surface area contributed by atoms with E-state index in [0.717, 1.165) is 67.8 Å². The highest BCUT2D eigenvalue weighted by molar-refractivity contribution is 7.00. The molecule has 0 N–H and O–H groups in total. The second-order valence-corrected chi connectivity index (χ2v) is 24.6. The average Bonchev–Trinajstić information content (AvgIpc) is 2.59. The van der Waals surface area contributed by atoms with Gasteiger partial charge in [-0.2, -0.15) is 0 Å². The second-order valence-electron chi connectivity index (χ2n) is 24.6. The Morgan fingerprint density at radius 2 is 1.02 bits per heavy atom. The Morgan fingerprint density at radius 1 is 0.494 bits per heavy atom. The summed E-state index contributed by atoms with van der Waals surface area (Å²) in [5.74, 6) is 2.67. The van der Waals surface area contributed by atoms with E-state index in [4.69, 9.17) is 10.8 Å². The van der Waals surface area contributed by atoms with Crippen molar-refractivity contribution in [2.45, 2.75) is 90.9 Å². The molecular weight excluding hydrogens is 982 g/mol. The van der Waals surface area contributed by atoms with Crippen LogP contribution in [0.3, 0.4) is 0 Å². The van der Waals surface area contributed by atoms with Crippen molar-refractivity contribution in [3.63, 3.8) is 0 Å². The third-order valence-electron chi connectivity index (χ3n) is 17.7. The van der Waals surface area contributed by atoms with E-state index in [1.165, 1.54) is 49.9 Å². The summed E-state index contributed by atoms with van der Waals surface area (Å²) in [7, 11) is 0. The van der Waals surface area contributed by atoms with Crippen LogP contribution in [0.5, 0.6) is 0 Å². The Kier molecular flexibility index (Phi) is 13.2. The van der Waals surface area contributed by atoms with Crippen LogP contribution < -0.4 is 31.3 Å². The smallest absolute Gasteiger partial charge is 0.297 e. The molecule has 12 rings (SSSR count). The predicted octanol–water partition coefficient (Wildman–Crippen LogP) is 18.3. The molecule has 4 nitrogen and oxygen atoms in total. The predicted molar refractivity (Wildman–Crippen MR) is 346 cm³/mol. The number of hydrogen-bond donors (Lipinski definition) is 0. The van der Waals surface area contributed by atoms with Crippen molar-refractivity contribution in [3.8, 4) is 12.3 Å². The van der Waals surface area contributed by atoms with Crippen LogP contribution in [0.25, 0.3) is 11.0 Å². The van der Waals surface area contributed by atoms with Crippen molar-refractivity contribution in [1.29, 1.82) is 0 Å². The number of allylic oxidation sites excluding steroid dienone is 4. The van der Waals surface area contributed by atoms with E-state index in [-0.39, 0.29) is 28.4 Å². The van der Waals surface area contributed by atoms with E-state index >= 15 is 0 Å². The summed E-state index contributed by atoms with van der Waals surface area (Å²) in [5.41, 5.74) is 21.4. The zero-order valence-electron chi connectivity index (χ0n) is 48.4. The molecule has 0 amide bonds. The van der Waals surface area contributed by atoms with Crippen LogP contribution in [0.15, 0.2) is 247 Å². The molecule has 2 aliphatic rings. The highest BCUT2D eigenvalue weighted by Crippen LogP contribution is 2.52. The lowest BCUT2D eigenvalue weighted by Gasteiger charge is -2.44. The van der Waals surface area contributed by atoms with E-state index < -0.39 is 0 Å². The molecule has 398 valence electrons. The van der Waals surface area contributed by atoms with Crippen LogP contribution in [-0.2, 0) is 21.7 Å². The molecule has 0 spiro atoms. The zero-order valence-corrected chi connectivity index (χ0v) is 48.4. The molecule has 0 atom stereocenters. The minimum atomic E-state index is -0.334. The number of anilines is 9. The highest BCUT2D eigenvalue weighted by atomic mass is 16.3. The largest absolute Gasteiger partial charge is 0.468 e. The van der Waals surface area contributed by atoms with Crippen molar-refractivity contribution >= 4 is 85.5 Å². The highest BCUT2D eigenvalue weighted by Gasteiger charge is 2.48. The second kappa shape index (κ2) is 20.3. The van der Waals surface area contributed by atoms with E-state index in [1.807, 2.05) is 6.08 Å². The molecule has 1 aromatic heterocycles. The van der Waals surface area contributed by atoms with Gasteiger partial charge in [0.05, 0.1) is 17.0 Å². The Hall–Kier alpha value is -8.98. The lowest BCUT2D eigenvalue weighted by atomic mass is 9.35. The number of furan rings is 1. The van der Waals surface area contributed by atoms with Gasteiger partial charge in [0.1, 0.15) is 5.58 Å². The summed E-state index contributed by atoms with van der Waals surface area (Å²) >= 11 is 0. The van der Waals surface area contributed by atoms with Crippen LogP contribution in [0.2, 0.25) is 0 Å². The first-order valence-electron chi connectivity index (χ1n) is 28.5. The van der Waals surface area contributed by atoms with Crippen LogP contribution in [0, 0.1) is 12.3 Å². The quantitative estimate of drug-likeness (QED) is 0.0691. The van der Waals surface area contributed by atoms with Gasteiger partial charge in [-0.25, -0.2) is 0 Å². The fraction of sp³-hybridized carbons (Fsp3) is 0.184. The first-order valence-corrected chi connectivity index (χ1v) is 28.5. The van der Waals surface area contributed by atoms with Crippen LogP contribution in [-0.4, -0.2) is 6.71 Å². The standard InChI is InChI=1S/C76H70BN3O/c1-12-13-18-28-52(2)74(6,7)57-33-27-38-62(47-57)79-66-49-58(76(10,11)54-31-21-15-22-32-54)41-45-65(66)77-70-67(79)50-63(78(59-34-23-16-24-35-59)60-36-25-17-26-37-60)51-68(70)80(71-64-48-56(73(3,4)5)42-46-69(64)81-72(71)77)61-43-39-55(40-44-61)75(8,9)53-29-19-14-20-30-53/h1,13-51H,2-11H3/b18-13-,52-28+. The average molecular weight is 1050 g/mol. The number of terminal acetylenes is 1. The van der Waals surface area contributed by atoms with Gasteiger partial charge in [-0.15, -0.1) is 6.42 Å². The summed E-state index contributed by atoms with van der Waals surface area (Å²) in [5, 5.41) is 1.09. The van der Waals surface area contributed by atoms with Gasteiger partial charge in [-0.05, 0) is 142 Å². The monoisotopic (exact) mass is 1050 g/mol. The summed E-state index contributed by atoms with van der Waals surface area (Å²) in [6.07, 6.45) is 11.6. The number of benzene rings is 9. The molecule has 3 heterocycles. The first-order chi connectivity index (χ1) is 39.0. The normalized spacial score (nSPS) is 13.5. The van der Waals surface area contributed by atoms with Gasteiger partial charge in [-0.1, -0.05) is 225 Å². The fourth-order valence-corrected chi connectivity index (χ4v) is 12.4. The molecule has 2 aliphatic heterocycles. The maximum atomic E-state index is 7.51. The van der Waals surface area contributed by atoms with Gasteiger partial charge >= 0.3 is 0 Å². The number of para-hydroxylation sites is 2. The molecule has 10 aromatic rings. The van der Waals surface area contributed by atoms with E-state index in [2.05, 4.69) is 314 Å².